The molecule has 124 valence electrons. The molecule has 0 aliphatic rings. The van der Waals surface area contributed by atoms with E-state index in [9.17, 15) is 4.79 Å². The third kappa shape index (κ3) is 4.61. The van der Waals surface area contributed by atoms with E-state index < -0.39 is 5.97 Å². The molecule has 2 aromatic rings. The number of ether oxygens (including phenoxy) is 3. The standard InChI is InChI=1S/C18H17NO4S/c1-3-22-18(20)14(11-19)9-13-6-7-16(17(10-13)21-2)23-12-15-5-4-8-24-15/h4-10H,3,12H2,1-2H3/b14-9+. The molecule has 0 saturated carbocycles. The Morgan fingerprint density at radius 2 is 2.17 bits per heavy atom. The number of benzene rings is 1. The highest BCUT2D eigenvalue weighted by molar-refractivity contribution is 7.09. The van der Waals surface area contributed by atoms with Gasteiger partial charge in [-0.2, -0.15) is 5.26 Å². The van der Waals surface area contributed by atoms with Crippen molar-refractivity contribution in [2.75, 3.05) is 13.7 Å². The van der Waals surface area contributed by atoms with E-state index in [1.54, 1.807) is 36.5 Å². The van der Waals surface area contributed by atoms with Crippen LogP contribution in [0.4, 0.5) is 0 Å². The predicted octanol–water partition coefficient (Wildman–Crippen LogP) is 3.81. The lowest BCUT2D eigenvalue weighted by Gasteiger charge is -2.10. The second kappa shape index (κ2) is 8.75. The van der Waals surface area contributed by atoms with E-state index >= 15 is 0 Å². The van der Waals surface area contributed by atoms with Gasteiger partial charge in [0.25, 0.3) is 0 Å². The molecule has 1 heterocycles. The molecule has 0 radical (unpaired) electrons. The fraction of sp³-hybridized carbons (Fsp3) is 0.222. The van der Waals surface area contributed by atoms with E-state index in [-0.39, 0.29) is 12.2 Å². The summed E-state index contributed by atoms with van der Waals surface area (Å²) in [6.45, 7) is 2.36. The summed E-state index contributed by atoms with van der Waals surface area (Å²) in [5, 5.41) is 11.1. The second-order valence-corrected chi connectivity index (χ2v) is 5.70. The number of esters is 1. The Morgan fingerprint density at radius 1 is 1.33 bits per heavy atom. The van der Waals surface area contributed by atoms with Crippen molar-refractivity contribution in [3.63, 3.8) is 0 Å². The lowest BCUT2D eigenvalue weighted by Crippen LogP contribution is -2.06. The zero-order valence-electron chi connectivity index (χ0n) is 13.4. The zero-order chi connectivity index (χ0) is 17.4. The molecule has 2 rings (SSSR count). The van der Waals surface area contributed by atoms with Gasteiger partial charge in [-0.05, 0) is 42.1 Å². The first-order valence-electron chi connectivity index (χ1n) is 7.30. The Bertz CT molecular complexity index is 760. The summed E-state index contributed by atoms with van der Waals surface area (Å²) in [4.78, 5) is 12.8. The molecule has 0 bridgehead atoms. The smallest absolute Gasteiger partial charge is 0.348 e. The number of methoxy groups -OCH3 is 1. The molecule has 5 nitrogen and oxygen atoms in total. The van der Waals surface area contributed by atoms with Gasteiger partial charge in [-0.3, -0.25) is 0 Å². The maximum absolute atomic E-state index is 11.7. The second-order valence-electron chi connectivity index (χ2n) is 4.67. The number of rotatable bonds is 7. The minimum atomic E-state index is -0.642. The van der Waals surface area contributed by atoms with Gasteiger partial charge in [-0.15, -0.1) is 11.3 Å². The first-order chi connectivity index (χ1) is 11.7. The van der Waals surface area contributed by atoms with Gasteiger partial charge in [0.15, 0.2) is 11.5 Å². The normalized spacial score (nSPS) is 10.8. The van der Waals surface area contributed by atoms with Crippen LogP contribution in [0.5, 0.6) is 11.5 Å². The van der Waals surface area contributed by atoms with Gasteiger partial charge in [0.05, 0.1) is 13.7 Å². The van der Waals surface area contributed by atoms with E-state index in [0.717, 1.165) is 4.88 Å². The topological polar surface area (TPSA) is 68.6 Å². The van der Waals surface area contributed by atoms with Crippen LogP contribution in [-0.4, -0.2) is 19.7 Å². The lowest BCUT2D eigenvalue weighted by molar-refractivity contribution is -0.137. The highest BCUT2D eigenvalue weighted by Crippen LogP contribution is 2.30. The summed E-state index contributed by atoms with van der Waals surface area (Å²) < 4.78 is 15.9. The molecule has 6 heteroatoms. The van der Waals surface area contributed by atoms with Crippen molar-refractivity contribution < 1.29 is 19.0 Å². The number of hydrogen-bond donors (Lipinski definition) is 0. The number of nitriles is 1. The number of carbonyl (C=O) groups is 1. The third-order valence-electron chi connectivity index (χ3n) is 3.06. The minimum absolute atomic E-state index is 0.0637. The van der Waals surface area contributed by atoms with Crippen molar-refractivity contribution in [1.82, 2.24) is 0 Å². The highest BCUT2D eigenvalue weighted by Gasteiger charge is 2.11. The molecule has 0 saturated heterocycles. The molecule has 0 fully saturated rings. The maximum Gasteiger partial charge on any atom is 0.348 e. The molecule has 0 atom stereocenters. The van der Waals surface area contributed by atoms with Crippen molar-refractivity contribution in [3.05, 3.63) is 51.7 Å². The van der Waals surface area contributed by atoms with Crippen LogP contribution in [0.1, 0.15) is 17.4 Å². The molecule has 0 spiro atoms. The minimum Gasteiger partial charge on any atom is -0.493 e. The van der Waals surface area contributed by atoms with Crippen molar-refractivity contribution >= 4 is 23.4 Å². The third-order valence-corrected chi connectivity index (χ3v) is 3.91. The fourth-order valence-electron chi connectivity index (χ4n) is 1.95. The van der Waals surface area contributed by atoms with Crippen molar-refractivity contribution in [1.29, 1.82) is 5.26 Å². The Hall–Kier alpha value is -2.78. The van der Waals surface area contributed by atoms with Gasteiger partial charge in [0, 0.05) is 4.88 Å². The molecular weight excluding hydrogens is 326 g/mol. The Balaban J connectivity index is 2.18. The van der Waals surface area contributed by atoms with Crippen LogP contribution in [0.3, 0.4) is 0 Å². The lowest BCUT2D eigenvalue weighted by atomic mass is 10.1. The Labute approximate surface area is 144 Å². The number of hydrogen-bond acceptors (Lipinski definition) is 6. The van der Waals surface area contributed by atoms with E-state index in [4.69, 9.17) is 19.5 Å². The van der Waals surface area contributed by atoms with Crippen LogP contribution < -0.4 is 9.47 Å². The molecule has 0 aliphatic heterocycles. The monoisotopic (exact) mass is 343 g/mol. The fourth-order valence-corrected chi connectivity index (χ4v) is 2.57. The quantitative estimate of drug-likeness (QED) is 0.434. The maximum atomic E-state index is 11.7. The van der Waals surface area contributed by atoms with Crippen LogP contribution >= 0.6 is 11.3 Å². The SMILES string of the molecule is CCOC(=O)/C(C#N)=C/c1ccc(OCc2cccs2)c(OC)c1. The van der Waals surface area contributed by atoms with E-state index in [2.05, 4.69) is 0 Å². The summed E-state index contributed by atoms with van der Waals surface area (Å²) in [5.74, 6) is 0.483. The summed E-state index contributed by atoms with van der Waals surface area (Å²) in [6.07, 6.45) is 1.46. The number of nitrogens with zero attached hydrogens (tertiary/aromatic N) is 1. The van der Waals surface area contributed by atoms with Gasteiger partial charge in [0.1, 0.15) is 18.2 Å². The van der Waals surface area contributed by atoms with Crippen molar-refractivity contribution in [2.45, 2.75) is 13.5 Å². The van der Waals surface area contributed by atoms with Crippen LogP contribution in [0.2, 0.25) is 0 Å². The Morgan fingerprint density at radius 3 is 2.79 bits per heavy atom. The van der Waals surface area contributed by atoms with Crippen LogP contribution in [-0.2, 0) is 16.1 Å². The predicted molar refractivity (Wildman–Crippen MR) is 91.9 cm³/mol. The van der Waals surface area contributed by atoms with E-state index in [1.807, 2.05) is 23.6 Å². The van der Waals surface area contributed by atoms with Gasteiger partial charge < -0.3 is 14.2 Å². The van der Waals surface area contributed by atoms with Crippen molar-refractivity contribution in [3.8, 4) is 17.6 Å². The van der Waals surface area contributed by atoms with Gasteiger partial charge in [-0.25, -0.2) is 4.79 Å². The zero-order valence-corrected chi connectivity index (χ0v) is 14.3. The summed E-state index contributed by atoms with van der Waals surface area (Å²) in [7, 11) is 1.54. The van der Waals surface area contributed by atoms with Gasteiger partial charge in [-0.1, -0.05) is 12.1 Å². The van der Waals surface area contributed by atoms with Gasteiger partial charge >= 0.3 is 5.97 Å². The van der Waals surface area contributed by atoms with Crippen molar-refractivity contribution in [2.24, 2.45) is 0 Å². The summed E-state index contributed by atoms with van der Waals surface area (Å²) in [5.41, 5.74) is 0.589. The van der Waals surface area contributed by atoms with E-state index in [1.165, 1.54) is 13.2 Å². The first-order valence-corrected chi connectivity index (χ1v) is 8.18. The van der Waals surface area contributed by atoms with Gasteiger partial charge in [0.2, 0.25) is 0 Å². The molecule has 0 aliphatic carbocycles. The number of carbonyl (C=O) groups excluding carboxylic acids is 1. The van der Waals surface area contributed by atoms with Crippen LogP contribution in [0.15, 0.2) is 41.3 Å². The first kappa shape index (κ1) is 17.6. The van der Waals surface area contributed by atoms with Crippen LogP contribution in [0, 0.1) is 11.3 Å². The molecule has 24 heavy (non-hydrogen) atoms. The molecule has 1 aromatic heterocycles. The average molecular weight is 343 g/mol. The molecular formula is C18H17NO4S. The largest absolute Gasteiger partial charge is 0.493 e. The molecule has 0 amide bonds. The molecule has 1 aromatic carbocycles. The molecule has 0 N–H and O–H groups in total. The van der Waals surface area contributed by atoms with Crippen LogP contribution in [0.25, 0.3) is 6.08 Å². The number of thiophene rings is 1. The average Bonchev–Trinajstić information content (AvgIpc) is 3.11. The summed E-state index contributed by atoms with van der Waals surface area (Å²) in [6, 6.07) is 11.0. The molecule has 0 unspecified atom stereocenters. The van der Waals surface area contributed by atoms with E-state index in [0.29, 0.717) is 23.7 Å². The summed E-state index contributed by atoms with van der Waals surface area (Å²) >= 11 is 1.62. The Kier molecular flexibility index (Phi) is 6.41. The highest BCUT2D eigenvalue weighted by atomic mass is 32.1.